The highest BCUT2D eigenvalue weighted by Gasteiger charge is 2.44. The number of alkyl halides is 2. The van der Waals surface area contributed by atoms with Gasteiger partial charge in [0.15, 0.2) is 5.60 Å². The maximum Gasteiger partial charge on any atom is 0.271 e. The van der Waals surface area contributed by atoms with Gasteiger partial charge in [0, 0.05) is 16.5 Å². The molecule has 2 nitrogen and oxygen atoms in total. The minimum atomic E-state index is -2.81. The van der Waals surface area contributed by atoms with Gasteiger partial charge in [-0.3, -0.25) is 0 Å². The molecule has 1 atom stereocenters. The first kappa shape index (κ1) is 10.8. The summed E-state index contributed by atoms with van der Waals surface area (Å²) in [7, 11) is 0. The van der Waals surface area contributed by atoms with E-state index in [4.69, 9.17) is 4.74 Å². The van der Waals surface area contributed by atoms with Crippen LogP contribution in [0.5, 0.6) is 5.75 Å². The van der Waals surface area contributed by atoms with Crippen molar-refractivity contribution >= 4 is 15.9 Å². The Bertz CT molecular complexity index is 384. The second-order valence-electron chi connectivity index (χ2n) is 3.46. The summed E-state index contributed by atoms with van der Waals surface area (Å²) in [5, 5.41) is 9.87. The van der Waals surface area contributed by atoms with Crippen molar-refractivity contribution in [1.29, 1.82) is 0 Å². The topological polar surface area (TPSA) is 29.5 Å². The Morgan fingerprint density at radius 1 is 1.47 bits per heavy atom. The largest absolute Gasteiger partial charge is 0.493 e. The summed E-state index contributed by atoms with van der Waals surface area (Å²) in [6, 6.07) is 4.74. The summed E-state index contributed by atoms with van der Waals surface area (Å²) >= 11 is 3.18. The number of hydrogen-bond donors (Lipinski definition) is 1. The van der Waals surface area contributed by atoms with E-state index in [1.165, 1.54) is 6.07 Å². The first-order valence-electron chi connectivity index (χ1n) is 4.47. The normalized spacial score (nSPS) is 24.9. The fourth-order valence-electron chi connectivity index (χ4n) is 1.64. The van der Waals surface area contributed by atoms with Crippen molar-refractivity contribution in [2.24, 2.45) is 0 Å². The third-order valence-corrected chi connectivity index (χ3v) is 3.00. The average molecular weight is 279 g/mol. The van der Waals surface area contributed by atoms with Crippen LogP contribution in [0.15, 0.2) is 22.7 Å². The molecule has 0 saturated carbocycles. The zero-order valence-electron chi connectivity index (χ0n) is 7.71. The quantitative estimate of drug-likeness (QED) is 0.856. The van der Waals surface area contributed by atoms with E-state index in [-0.39, 0.29) is 18.6 Å². The molecule has 1 N–H and O–H groups in total. The molecular weight excluding hydrogens is 270 g/mol. The van der Waals surface area contributed by atoms with Gasteiger partial charge in [0.1, 0.15) is 5.75 Å². The number of ether oxygens (including phenoxy) is 1. The molecule has 0 fully saturated rings. The van der Waals surface area contributed by atoms with Gasteiger partial charge in [0.05, 0.1) is 6.61 Å². The molecule has 1 aliphatic heterocycles. The van der Waals surface area contributed by atoms with E-state index < -0.39 is 12.0 Å². The van der Waals surface area contributed by atoms with Crippen LogP contribution in [0, 0.1) is 0 Å². The van der Waals surface area contributed by atoms with E-state index in [1.54, 1.807) is 12.1 Å². The summed E-state index contributed by atoms with van der Waals surface area (Å²) in [6.07, 6.45) is -2.90. The van der Waals surface area contributed by atoms with E-state index in [0.717, 1.165) is 0 Å². The molecule has 0 radical (unpaired) electrons. The predicted octanol–water partition coefficient (Wildman–Crippen LogP) is 2.68. The van der Waals surface area contributed by atoms with Crippen LogP contribution < -0.4 is 4.74 Å². The Morgan fingerprint density at radius 3 is 2.87 bits per heavy atom. The zero-order chi connectivity index (χ0) is 11.1. The van der Waals surface area contributed by atoms with Gasteiger partial charge in [-0.15, -0.1) is 0 Å². The minimum absolute atomic E-state index is 0.0892. The van der Waals surface area contributed by atoms with Crippen LogP contribution in [-0.4, -0.2) is 18.1 Å². The smallest absolute Gasteiger partial charge is 0.271 e. The fraction of sp³-hybridized carbons (Fsp3) is 0.400. The second-order valence-corrected chi connectivity index (χ2v) is 4.38. The molecule has 0 aliphatic carbocycles. The molecule has 2 rings (SSSR count). The van der Waals surface area contributed by atoms with Gasteiger partial charge in [-0.2, -0.15) is 0 Å². The lowest BCUT2D eigenvalue weighted by molar-refractivity contribution is -0.121. The number of rotatable bonds is 1. The van der Waals surface area contributed by atoms with E-state index in [2.05, 4.69) is 15.9 Å². The molecule has 82 valence electrons. The van der Waals surface area contributed by atoms with Gasteiger partial charge in [-0.25, -0.2) is 8.78 Å². The van der Waals surface area contributed by atoms with Gasteiger partial charge in [-0.1, -0.05) is 15.9 Å². The number of hydrogen-bond acceptors (Lipinski definition) is 2. The maximum atomic E-state index is 12.8. The molecule has 0 spiro atoms. The summed E-state index contributed by atoms with van der Waals surface area (Å²) in [5.41, 5.74) is -1.93. The van der Waals surface area contributed by atoms with E-state index in [1.807, 2.05) is 0 Å². The maximum absolute atomic E-state index is 12.8. The summed E-state index contributed by atoms with van der Waals surface area (Å²) in [4.78, 5) is 0. The van der Waals surface area contributed by atoms with E-state index in [9.17, 15) is 13.9 Å². The van der Waals surface area contributed by atoms with Crippen molar-refractivity contribution in [3.8, 4) is 5.75 Å². The molecule has 1 aromatic carbocycles. The first-order chi connectivity index (χ1) is 7.04. The monoisotopic (exact) mass is 278 g/mol. The number of fused-ring (bicyclic) bond motifs is 1. The van der Waals surface area contributed by atoms with E-state index >= 15 is 0 Å². The highest BCUT2D eigenvalue weighted by molar-refractivity contribution is 9.10. The third-order valence-electron chi connectivity index (χ3n) is 2.51. The van der Waals surface area contributed by atoms with Crippen molar-refractivity contribution in [2.75, 3.05) is 6.61 Å². The molecule has 15 heavy (non-hydrogen) atoms. The van der Waals surface area contributed by atoms with Crippen LogP contribution in [0.25, 0.3) is 0 Å². The summed E-state index contributed by atoms with van der Waals surface area (Å²) in [5.74, 6) is 0.326. The van der Waals surface area contributed by atoms with E-state index in [0.29, 0.717) is 10.2 Å². The zero-order valence-corrected chi connectivity index (χ0v) is 9.30. The molecule has 0 amide bonds. The van der Waals surface area contributed by atoms with Gasteiger partial charge in [-0.05, 0) is 18.2 Å². The van der Waals surface area contributed by atoms with Crippen LogP contribution in [0.2, 0.25) is 0 Å². The molecule has 0 bridgehead atoms. The Hall–Kier alpha value is -0.680. The average Bonchev–Trinajstić information content (AvgIpc) is 2.19. The van der Waals surface area contributed by atoms with Crippen molar-refractivity contribution < 1.29 is 18.6 Å². The Labute approximate surface area is 94.0 Å². The molecule has 1 aromatic rings. The van der Waals surface area contributed by atoms with Crippen molar-refractivity contribution in [2.45, 2.75) is 18.4 Å². The highest BCUT2D eigenvalue weighted by atomic mass is 79.9. The lowest BCUT2D eigenvalue weighted by atomic mass is 9.88. The van der Waals surface area contributed by atoms with Crippen LogP contribution in [0.1, 0.15) is 12.0 Å². The van der Waals surface area contributed by atoms with Gasteiger partial charge < -0.3 is 9.84 Å². The summed E-state index contributed by atoms with van der Waals surface area (Å²) < 4.78 is 31.4. The number of benzene rings is 1. The number of halogens is 3. The standard InChI is InChI=1S/C10H9BrF2O2/c11-6-1-2-8-7(5-6)10(14,9(12)13)3-4-15-8/h1-2,5,9,14H,3-4H2. The third kappa shape index (κ3) is 1.74. The molecule has 1 unspecified atom stereocenters. The lowest BCUT2D eigenvalue weighted by Gasteiger charge is -2.33. The first-order valence-corrected chi connectivity index (χ1v) is 5.27. The highest BCUT2D eigenvalue weighted by Crippen LogP contribution is 2.41. The fourth-order valence-corrected chi connectivity index (χ4v) is 2.01. The minimum Gasteiger partial charge on any atom is -0.493 e. The van der Waals surface area contributed by atoms with Crippen molar-refractivity contribution in [1.82, 2.24) is 0 Å². The van der Waals surface area contributed by atoms with Crippen molar-refractivity contribution in [3.63, 3.8) is 0 Å². The Morgan fingerprint density at radius 2 is 2.20 bits per heavy atom. The van der Waals surface area contributed by atoms with Crippen LogP contribution in [-0.2, 0) is 5.60 Å². The molecular formula is C10H9BrF2O2. The predicted molar refractivity (Wildman–Crippen MR) is 54.2 cm³/mol. The van der Waals surface area contributed by atoms with Crippen LogP contribution in [0.3, 0.4) is 0 Å². The Kier molecular flexibility index (Phi) is 2.68. The number of aliphatic hydroxyl groups is 1. The van der Waals surface area contributed by atoms with Crippen LogP contribution in [0.4, 0.5) is 8.78 Å². The SMILES string of the molecule is OC1(C(F)F)CCOc2ccc(Br)cc21. The van der Waals surface area contributed by atoms with Crippen molar-refractivity contribution in [3.05, 3.63) is 28.2 Å². The summed E-state index contributed by atoms with van der Waals surface area (Å²) in [6.45, 7) is 0.107. The molecule has 0 aromatic heterocycles. The second kappa shape index (κ2) is 3.72. The molecule has 1 aliphatic rings. The molecule has 0 saturated heterocycles. The van der Waals surface area contributed by atoms with Gasteiger partial charge >= 0.3 is 0 Å². The van der Waals surface area contributed by atoms with Gasteiger partial charge in [0.2, 0.25) is 0 Å². The van der Waals surface area contributed by atoms with Crippen LogP contribution >= 0.6 is 15.9 Å². The lowest BCUT2D eigenvalue weighted by Crippen LogP contribution is -2.39. The Balaban J connectivity index is 2.54. The molecule has 1 heterocycles. The van der Waals surface area contributed by atoms with Gasteiger partial charge in [0.25, 0.3) is 6.43 Å². The molecule has 5 heteroatoms.